The number of rotatable bonds is 2. The molecule has 0 saturated heterocycles. The van der Waals surface area contributed by atoms with Gasteiger partial charge in [-0.3, -0.25) is 5.41 Å². The molecular weight excluding hydrogens is 180 g/mol. The van der Waals surface area contributed by atoms with E-state index in [0.29, 0.717) is 17.0 Å². The van der Waals surface area contributed by atoms with Crippen molar-refractivity contribution in [3.8, 4) is 0 Å². The molecule has 0 radical (unpaired) electrons. The van der Waals surface area contributed by atoms with Crippen molar-refractivity contribution in [2.45, 2.75) is 0 Å². The summed E-state index contributed by atoms with van der Waals surface area (Å²) >= 11 is 0. The van der Waals surface area contributed by atoms with E-state index < -0.39 is 0 Å². The predicted molar refractivity (Wildman–Crippen MR) is 50.5 cm³/mol. The lowest BCUT2D eigenvalue weighted by Crippen LogP contribution is -2.02. The second-order valence-electron chi connectivity index (χ2n) is 2.58. The van der Waals surface area contributed by atoms with Crippen molar-refractivity contribution < 1.29 is 0 Å². The fraction of sp³-hybridized carbons (Fsp3) is 0. The van der Waals surface area contributed by atoms with E-state index in [4.69, 9.17) is 10.8 Å². The molecule has 2 aliphatic heterocycles. The third-order valence-corrected chi connectivity index (χ3v) is 1.74. The monoisotopic (exact) mass is 186 g/mol. The summed E-state index contributed by atoms with van der Waals surface area (Å²) in [7, 11) is 0. The Kier molecular flexibility index (Phi) is 1.94. The molecule has 2 heterocycles. The summed E-state index contributed by atoms with van der Waals surface area (Å²) in [4.78, 5) is 0. The average molecular weight is 186 g/mol. The maximum absolute atomic E-state index is 7.47. The Bertz CT molecular complexity index is 434. The topological polar surface area (TPSA) is 97.1 Å². The van der Waals surface area contributed by atoms with Crippen molar-refractivity contribution in [1.29, 1.82) is 10.8 Å². The molecule has 0 saturated carbocycles. The Morgan fingerprint density at radius 2 is 2.14 bits per heavy atom. The lowest BCUT2D eigenvalue weighted by atomic mass is 10.1. The molecule has 14 heavy (non-hydrogen) atoms. The first kappa shape index (κ1) is 8.36. The molecule has 0 fully saturated rings. The van der Waals surface area contributed by atoms with E-state index in [1.807, 2.05) is 0 Å². The molecule has 6 nitrogen and oxygen atoms in total. The minimum Gasteiger partial charge on any atom is -0.307 e. The molecule has 2 N–H and O–H groups in total. The lowest BCUT2D eigenvalue weighted by molar-refractivity contribution is 1.14. The molecule has 6 heteroatoms. The minimum absolute atomic E-state index is 0.0630. The van der Waals surface area contributed by atoms with Crippen LogP contribution in [0.1, 0.15) is 0 Å². The van der Waals surface area contributed by atoms with Gasteiger partial charge in [0, 0.05) is 6.21 Å². The number of nitrogens with zero attached hydrogens (tertiary/aromatic N) is 4. The summed E-state index contributed by atoms with van der Waals surface area (Å²) in [5.74, 6) is 0. The third kappa shape index (κ3) is 1.22. The highest BCUT2D eigenvalue weighted by atomic mass is 15.2. The summed E-state index contributed by atoms with van der Waals surface area (Å²) in [5.41, 5.74) is 1.63. The van der Waals surface area contributed by atoms with Gasteiger partial charge in [0.2, 0.25) is 0 Å². The second kappa shape index (κ2) is 3.25. The fourth-order valence-electron chi connectivity index (χ4n) is 1.08. The highest BCUT2D eigenvalue weighted by Gasteiger charge is 2.18. The Hall–Kier alpha value is -2.24. The molecule has 0 amide bonds. The number of hydrogen-bond donors (Lipinski definition) is 2. The molecule has 0 aromatic rings. The van der Waals surface area contributed by atoms with Crippen LogP contribution in [0.15, 0.2) is 55.9 Å². The summed E-state index contributed by atoms with van der Waals surface area (Å²) in [6.45, 7) is 0. The molecule has 2 rings (SSSR count). The molecule has 0 unspecified atom stereocenters. The Labute approximate surface area is 79.5 Å². The number of allylic oxidation sites excluding steroid dienone is 2. The maximum atomic E-state index is 7.47. The summed E-state index contributed by atoms with van der Waals surface area (Å²) in [6.07, 6.45) is 5.61. The number of hydrogen-bond acceptors (Lipinski definition) is 6. The van der Waals surface area contributed by atoms with E-state index in [1.165, 1.54) is 6.20 Å². The van der Waals surface area contributed by atoms with E-state index in [-0.39, 0.29) is 5.71 Å². The van der Waals surface area contributed by atoms with Crippen molar-refractivity contribution in [3.63, 3.8) is 0 Å². The van der Waals surface area contributed by atoms with Crippen LogP contribution in [-0.2, 0) is 0 Å². The van der Waals surface area contributed by atoms with Gasteiger partial charge in [0.15, 0.2) is 0 Å². The smallest absolute Gasteiger partial charge is 0.124 e. The van der Waals surface area contributed by atoms with Gasteiger partial charge < -0.3 is 5.41 Å². The van der Waals surface area contributed by atoms with Crippen molar-refractivity contribution >= 4 is 11.9 Å². The minimum atomic E-state index is 0.0630. The first-order valence-electron chi connectivity index (χ1n) is 3.85. The normalized spacial score (nSPS) is 23.0. The molecular formula is C8H6N6. The Balaban J connectivity index is 2.43. The van der Waals surface area contributed by atoms with Gasteiger partial charge in [-0.1, -0.05) is 0 Å². The van der Waals surface area contributed by atoms with Crippen molar-refractivity contribution in [2.24, 2.45) is 20.5 Å². The van der Waals surface area contributed by atoms with Crippen LogP contribution in [-0.4, -0.2) is 11.9 Å². The molecule has 2 aliphatic rings. The van der Waals surface area contributed by atoms with Gasteiger partial charge in [-0.2, -0.15) is 10.2 Å². The highest BCUT2D eigenvalue weighted by molar-refractivity contribution is 6.37. The molecule has 0 spiro atoms. The van der Waals surface area contributed by atoms with E-state index in [2.05, 4.69) is 20.5 Å². The lowest BCUT2D eigenvalue weighted by Gasteiger charge is -1.99. The predicted octanol–water partition coefficient (Wildman–Crippen LogP) is 2.20. The zero-order chi connectivity index (χ0) is 9.97. The fourth-order valence-corrected chi connectivity index (χ4v) is 1.08. The molecule has 0 bridgehead atoms. The molecule has 0 aliphatic carbocycles. The van der Waals surface area contributed by atoms with Gasteiger partial charge in [0.1, 0.15) is 11.4 Å². The average Bonchev–Trinajstić information content (AvgIpc) is 2.85. The van der Waals surface area contributed by atoms with Crippen molar-refractivity contribution in [2.75, 3.05) is 0 Å². The number of azo groups is 2. The largest absolute Gasteiger partial charge is 0.307 e. The standard InChI is InChI=1S/C8H6N6/c9-3-6(10)5-4-12-14-8(5)7-1-2-11-13-7/h1-4,9-10H. The Morgan fingerprint density at radius 3 is 2.79 bits per heavy atom. The van der Waals surface area contributed by atoms with Gasteiger partial charge in [0.25, 0.3) is 0 Å². The third-order valence-electron chi connectivity index (χ3n) is 1.74. The number of nitrogens with one attached hydrogen (secondary N) is 2. The van der Waals surface area contributed by atoms with E-state index in [0.717, 1.165) is 6.21 Å². The van der Waals surface area contributed by atoms with E-state index >= 15 is 0 Å². The van der Waals surface area contributed by atoms with Crippen LogP contribution in [0.3, 0.4) is 0 Å². The maximum Gasteiger partial charge on any atom is 0.124 e. The van der Waals surface area contributed by atoms with Gasteiger partial charge in [-0.25, -0.2) is 0 Å². The summed E-state index contributed by atoms with van der Waals surface area (Å²) in [5, 5.41) is 29.4. The van der Waals surface area contributed by atoms with Crippen LogP contribution in [0.25, 0.3) is 0 Å². The first-order valence-corrected chi connectivity index (χ1v) is 3.85. The first-order chi connectivity index (χ1) is 6.83. The van der Waals surface area contributed by atoms with Crippen LogP contribution in [0.2, 0.25) is 0 Å². The molecule has 0 atom stereocenters. The van der Waals surface area contributed by atoms with Crippen molar-refractivity contribution in [1.82, 2.24) is 0 Å². The van der Waals surface area contributed by atoms with E-state index in [9.17, 15) is 0 Å². The highest BCUT2D eigenvalue weighted by Crippen LogP contribution is 2.26. The van der Waals surface area contributed by atoms with E-state index in [1.54, 1.807) is 12.3 Å². The second-order valence-corrected chi connectivity index (χ2v) is 2.58. The molecule has 68 valence electrons. The van der Waals surface area contributed by atoms with Crippen molar-refractivity contribution in [3.05, 3.63) is 35.4 Å². The molecule has 0 aromatic carbocycles. The quantitative estimate of drug-likeness (QED) is 0.618. The van der Waals surface area contributed by atoms with Gasteiger partial charge in [-0.05, 0) is 6.08 Å². The van der Waals surface area contributed by atoms with Gasteiger partial charge in [-0.15, -0.1) is 10.2 Å². The van der Waals surface area contributed by atoms with Crippen LogP contribution < -0.4 is 0 Å². The SMILES string of the molecule is N=CC(=N)C1=CN=NC1=C1C=CN=N1. The zero-order valence-corrected chi connectivity index (χ0v) is 7.10. The summed E-state index contributed by atoms with van der Waals surface area (Å²) < 4.78 is 0. The summed E-state index contributed by atoms with van der Waals surface area (Å²) in [6, 6.07) is 0. The van der Waals surface area contributed by atoms with Crippen LogP contribution >= 0.6 is 0 Å². The Morgan fingerprint density at radius 1 is 1.29 bits per heavy atom. The zero-order valence-electron chi connectivity index (χ0n) is 7.10. The van der Waals surface area contributed by atoms with Crippen LogP contribution in [0, 0.1) is 10.8 Å². The van der Waals surface area contributed by atoms with Crippen LogP contribution in [0.5, 0.6) is 0 Å². The van der Waals surface area contributed by atoms with Gasteiger partial charge in [0.05, 0.1) is 23.7 Å². The van der Waals surface area contributed by atoms with Crippen LogP contribution in [0.4, 0.5) is 0 Å². The molecule has 0 aromatic heterocycles. The van der Waals surface area contributed by atoms with Gasteiger partial charge >= 0.3 is 0 Å².